The molecule has 0 bridgehead atoms. The number of para-hydroxylation sites is 1. The summed E-state index contributed by atoms with van der Waals surface area (Å²) in [5.41, 5.74) is 2.66. The van der Waals surface area contributed by atoms with Crippen LogP contribution in [0.25, 0.3) is 22.2 Å². The number of ether oxygens (including phenoxy) is 1. The van der Waals surface area contributed by atoms with Crippen LogP contribution in [0, 0.1) is 5.92 Å². The zero-order chi connectivity index (χ0) is 20.2. The van der Waals surface area contributed by atoms with Gasteiger partial charge in [-0.15, -0.1) is 0 Å². The van der Waals surface area contributed by atoms with Gasteiger partial charge in [0.1, 0.15) is 6.04 Å². The van der Waals surface area contributed by atoms with Crippen LogP contribution in [0.1, 0.15) is 23.2 Å². The number of nitrogens with zero attached hydrogens (tertiary/aromatic N) is 1. The molecule has 1 amide bonds. The lowest BCUT2D eigenvalue weighted by molar-refractivity contribution is -0.142. The summed E-state index contributed by atoms with van der Waals surface area (Å²) in [7, 11) is 0. The summed E-state index contributed by atoms with van der Waals surface area (Å²) < 4.78 is 5.42. The standard InChI is InChI=1S/C23H22N2O4/c26-22(25-21(23(27)28)16-9-6-12-29-14-16)18-13-20(15-7-2-1-3-8-15)24-19-11-5-4-10-17(18)19/h1-5,7-8,10-11,13,16,21H,6,9,12,14H2,(H,25,26)(H,27,28). The van der Waals surface area contributed by atoms with Crippen molar-refractivity contribution >= 4 is 22.8 Å². The Labute approximate surface area is 168 Å². The monoisotopic (exact) mass is 390 g/mol. The Bertz CT molecular complexity index is 1030. The molecule has 0 aliphatic carbocycles. The molecule has 1 aliphatic heterocycles. The molecule has 1 aromatic heterocycles. The Kier molecular flexibility index (Phi) is 5.53. The minimum Gasteiger partial charge on any atom is -0.480 e. The Morgan fingerprint density at radius 3 is 2.59 bits per heavy atom. The van der Waals surface area contributed by atoms with Crippen LogP contribution in [0.3, 0.4) is 0 Å². The molecule has 6 nitrogen and oxygen atoms in total. The van der Waals surface area contributed by atoms with Crippen molar-refractivity contribution in [3.63, 3.8) is 0 Å². The predicted molar refractivity (Wildman–Crippen MR) is 110 cm³/mol. The van der Waals surface area contributed by atoms with Gasteiger partial charge >= 0.3 is 5.97 Å². The Balaban J connectivity index is 1.71. The van der Waals surface area contributed by atoms with Crippen LogP contribution in [-0.2, 0) is 9.53 Å². The van der Waals surface area contributed by atoms with Crippen molar-refractivity contribution in [2.24, 2.45) is 5.92 Å². The SMILES string of the molecule is O=C(NC(C(=O)O)C1CCCOC1)c1cc(-c2ccccc2)nc2ccccc12. The molecule has 2 unspecified atom stereocenters. The maximum absolute atomic E-state index is 13.2. The first-order valence-electron chi connectivity index (χ1n) is 9.70. The predicted octanol–water partition coefficient (Wildman–Crippen LogP) is 3.51. The molecule has 1 aliphatic rings. The Morgan fingerprint density at radius 1 is 1.10 bits per heavy atom. The van der Waals surface area contributed by atoms with Gasteiger partial charge in [0.15, 0.2) is 0 Å². The first-order valence-corrected chi connectivity index (χ1v) is 9.70. The number of carboxylic acids is 1. The number of carbonyl (C=O) groups excluding carboxylic acids is 1. The van der Waals surface area contributed by atoms with Crippen molar-refractivity contribution < 1.29 is 19.4 Å². The number of hydrogen-bond donors (Lipinski definition) is 2. The lowest BCUT2D eigenvalue weighted by atomic mass is 9.93. The van der Waals surface area contributed by atoms with Gasteiger partial charge in [0.05, 0.1) is 23.4 Å². The fourth-order valence-electron chi connectivity index (χ4n) is 3.75. The van der Waals surface area contributed by atoms with E-state index in [1.165, 1.54) is 0 Å². The van der Waals surface area contributed by atoms with Crippen LogP contribution in [0.5, 0.6) is 0 Å². The maximum atomic E-state index is 13.2. The fraction of sp³-hybridized carbons (Fsp3) is 0.261. The highest BCUT2D eigenvalue weighted by Gasteiger charge is 2.32. The summed E-state index contributed by atoms with van der Waals surface area (Å²) >= 11 is 0. The van der Waals surface area contributed by atoms with Crippen molar-refractivity contribution in [3.8, 4) is 11.3 Å². The number of aromatic nitrogens is 1. The largest absolute Gasteiger partial charge is 0.480 e. The topological polar surface area (TPSA) is 88.5 Å². The normalized spacial score (nSPS) is 17.6. The van der Waals surface area contributed by atoms with Gasteiger partial charge in [-0.3, -0.25) is 4.79 Å². The van der Waals surface area contributed by atoms with Crippen LogP contribution >= 0.6 is 0 Å². The van der Waals surface area contributed by atoms with Gasteiger partial charge in [0, 0.05) is 23.5 Å². The molecular formula is C23H22N2O4. The van der Waals surface area contributed by atoms with Crippen LogP contribution < -0.4 is 5.32 Å². The number of rotatable bonds is 5. The van der Waals surface area contributed by atoms with Crippen LogP contribution in [0.4, 0.5) is 0 Å². The van der Waals surface area contributed by atoms with E-state index in [4.69, 9.17) is 4.74 Å². The number of carbonyl (C=O) groups is 2. The lowest BCUT2D eigenvalue weighted by Gasteiger charge is -2.28. The van der Waals surface area contributed by atoms with Crippen LogP contribution in [0.2, 0.25) is 0 Å². The molecular weight excluding hydrogens is 368 g/mol. The minimum atomic E-state index is -1.05. The number of hydrogen-bond acceptors (Lipinski definition) is 4. The van der Waals surface area contributed by atoms with E-state index < -0.39 is 17.9 Å². The number of amides is 1. The van der Waals surface area contributed by atoms with Crippen LogP contribution in [-0.4, -0.2) is 41.2 Å². The molecule has 1 fully saturated rings. The van der Waals surface area contributed by atoms with E-state index >= 15 is 0 Å². The number of fused-ring (bicyclic) bond motifs is 1. The number of carboxylic acid groups (broad SMARTS) is 1. The Hall–Kier alpha value is -3.25. The molecule has 148 valence electrons. The highest BCUT2D eigenvalue weighted by molar-refractivity contribution is 6.08. The number of pyridine rings is 1. The van der Waals surface area contributed by atoms with E-state index in [2.05, 4.69) is 10.3 Å². The lowest BCUT2D eigenvalue weighted by Crippen LogP contribution is -2.48. The van der Waals surface area contributed by atoms with Crippen molar-refractivity contribution in [1.29, 1.82) is 0 Å². The van der Waals surface area contributed by atoms with Crippen molar-refractivity contribution in [2.75, 3.05) is 13.2 Å². The van der Waals surface area contributed by atoms with Gasteiger partial charge in [-0.2, -0.15) is 0 Å². The second-order valence-electron chi connectivity index (χ2n) is 7.20. The van der Waals surface area contributed by atoms with Gasteiger partial charge in [-0.25, -0.2) is 9.78 Å². The summed E-state index contributed by atoms with van der Waals surface area (Å²) in [6.45, 7) is 0.968. The van der Waals surface area contributed by atoms with Crippen molar-refractivity contribution in [2.45, 2.75) is 18.9 Å². The first-order chi connectivity index (χ1) is 14.1. The smallest absolute Gasteiger partial charge is 0.326 e. The van der Waals surface area contributed by atoms with Gasteiger partial charge < -0.3 is 15.2 Å². The maximum Gasteiger partial charge on any atom is 0.326 e. The van der Waals surface area contributed by atoms with Gasteiger partial charge in [0.25, 0.3) is 5.91 Å². The highest BCUT2D eigenvalue weighted by atomic mass is 16.5. The van der Waals surface area contributed by atoms with E-state index in [1.807, 2.05) is 54.6 Å². The molecule has 2 atom stereocenters. The minimum absolute atomic E-state index is 0.244. The van der Waals surface area contributed by atoms with E-state index in [0.29, 0.717) is 41.8 Å². The summed E-state index contributed by atoms with van der Waals surface area (Å²) in [6.07, 6.45) is 1.50. The average molecular weight is 390 g/mol. The zero-order valence-electron chi connectivity index (χ0n) is 15.9. The second-order valence-corrected chi connectivity index (χ2v) is 7.20. The molecule has 29 heavy (non-hydrogen) atoms. The second kappa shape index (κ2) is 8.41. The summed E-state index contributed by atoms with van der Waals surface area (Å²) in [5.74, 6) is -1.71. The molecule has 0 saturated carbocycles. The molecule has 1 saturated heterocycles. The average Bonchev–Trinajstić information content (AvgIpc) is 2.77. The fourth-order valence-corrected chi connectivity index (χ4v) is 3.75. The number of aliphatic carboxylic acids is 1. The van der Waals surface area contributed by atoms with E-state index in [9.17, 15) is 14.7 Å². The van der Waals surface area contributed by atoms with Crippen LogP contribution in [0.15, 0.2) is 60.7 Å². The van der Waals surface area contributed by atoms with Crippen molar-refractivity contribution in [1.82, 2.24) is 10.3 Å². The zero-order valence-corrected chi connectivity index (χ0v) is 15.9. The van der Waals surface area contributed by atoms with E-state index in [0.717, 1.165) is 12.0 Å². The van der Waals surface area contributed by atoms with Gasteiger partial charge in [0.2, 0.25) is 0 Å². The first kappa shape index (κ1) is 19.1. The highest BCUT2D eigenvalue weighted by Crippen LogP contribution is 2.25. The third-order valence-electron chi connectivity index (χ3n) is 5.25. The third kappa shape index (κ3) is 4.12. The molecule has 3 aromatic rings. The number of benzene rings is 2. The molecule has 0 spiro atoms. The van der Waals surface area contributed by atoms with Gasteiger partial charge in [-0.05, 0) is 25.0 Å². The van der Waals surface area contributed by atoms with E-state index in [1.54, 1.807) is 6.07 Å². The summed E-state index contributed by atoms with van der Waals surface area (Å²) in [4.78, 5) is 29.7. The molecule has 6 heteroatoms. The third-order valence-corrected chi connectivity index (χ3v) is 5.25. The molecule has 2 heterocycles. The molecule has 4 rings (SSSR count). The van der Waals surface area contributed by atoms with Gasteiger partial charge in [-0.1, -0.05) is 48.5 Å². The molecule has 2 N–H and O–H groups in total. The molecule has 2 aromatic carbocycles. The molecule has 0 radical (unpaired) electrons. The Morgan fingerprint density at radius 2 is 1.86 bits per heavy atom. The van der Waals surface area contributed by atoms with E-state index in [-0.39, 0.29) is 5.92 Å². The number of nitrogens with one attached hydrogen (secondary N) is 1. The van der Waals surface area contributed by atoms with Crippen molar-refractivity contribution in [3.05, 3.63) is 66.2 Å². The quantitative estimate of drug-likeness (QED) is 0.696. The summed E-state index contributed by atoms with van der Waals surface area (Å²) in [5, 5.41) is 13.1. The summed E-state index contributed by atoms with van der Waals surface area (Å²) in [6, 6.07) is 17.7.